The summed E-state index contributed by atoms with van der Waals surface area (Å²) in [7, 11) is 1.23. The largest absolute Gasteiger partial charge is 0.468 e. The summed E-state index contributed by atoms with van der Waals surface area (Å²) < 4.78 is 5.29. The average Bonchev–Trinajstić information content (AvgIpc) is 2.71. The van der Waals surface area contributed by atoms with Crippen molar-refractivity contribution in [2.24, 2.45) is 0 Å². The number of nitrogens with one attached hydrogen (secondary N) is 3. The second-order valence-electron chi connectivity index (χ2n) is 5.57. The summed E-state index contributed by atoms with van der Waals surface area (Å²) in [5.74, 6) is -1.76. The van der Waals surface area contributed by atoms with Crippen molar-refractivity contribution < 1.29 is 23.9 Å². The van der Waals surface area contributed by atoms with Crippen molar-refractivity contribution in [3.05, 3.63) is 64.1 Å². The van der Waals surface area contributed by atoms with Gasteiger partial charge in [0.25, 0.3) is 11.8 Å². The summed E-state index contributed by atoms with van der Waals surface area (Å²) >= 11 is 3.28. The first-order valence-electron chi connectivity index (χ1n) is 8.17. The van der Waals surface area contributed by atoms with Gasteiger partial charge in [0.05, 0.1) is 13.7 Å². The number of halogens is 1. The summed E-state index contributed by atoms with van der Waals surface area (Å²) in [4.78, 5) is 46.8. The van der Waals surface area contributed by atoms with Crippen LogP contribution in [0.4, 0.5) is 5.69 Å². The maximum atomic E-state index is 12.0. The van der Waals surface area contributed by atoms with Crippen molar-refractivity contribution in [2.45, 2.75) is 0 Å². The lowest BCUT2D eigenvalue weighted by molar-refractivity contribution is -0.139. The molecule has 2 rings (SSSR count). The zero-order valence-corrected chi connectivity index (χ0v) is 16.5. The highest BCUT2D eigenvalue weighted by atomic mass is 79.9. The van der Waals surface area contributed by atoms with Crippen LogP contribution in [-0.2, 0) is 14.3 Å². The molecule has 3 amide bonds. The Morgan fingerprint density at radius 3 is 1.86 bits per heavy atom. The third kappa shape index (κ3) is 6.51. The molecule has 0 aliphatic heterocycles. The first-order valence-corrected chi connectivity index (χ1v) is 8.97. The molecule has 0 aromatic heterocycles. The third-order valence-corrected chi connectivity index (χ3v) is 4.10. The van der Waals surface area contributed by atoms with E-state index in [1.54, 1.807) is 36.4 Å². The molecule has 0 saturated heterocycles. The van der Waals surface area contributed by atoms with E-state index in [4.69, 9.17) is 0 Å². The standard InChI is InChI=1S/C19H18BrN3O5/c1-28-17(25)11-22-19(27)13-4-8-15(9-5-13)23-16(24)10-21-18(26)12-2-6-14(20)7-3-12/h2-9H,10-11H2,1H3,(H,21,26)(H,22,27)(H,23,24). The van der Waals surface area contributed by atoms with Gasteiger partial charge >= 0.3 is 5.97 Å². The molecule has 0 heterocycles. The lowest BCUT2D eigenvalue weighted by atomic mass is 10.2. The van der Waals surface area contributed by atoms with E-state index in [2.05, 4.69) is 36.6 Å². The molecule has 28 heavy (non-hydrogen) atoms. The van der Waals surface area contributed by atoms with Crippen LogP contribution in [-0.4, -0.2) is 43.9 Å². The highest BCUT2D eigenvalue weighted by Crippen LogP contribution is 2.11. The van der Waals surface area contributed by atoms with E-state index < -0.39 is 17.8 Å². The van der Waals surface area contributed by atoms with E-state index >= 15 is 0 Å². The maximum Gasteiger partial charge on any atom is 0.325 e. The zero-order chi connectivity index (χ0) is 20.5. The highest BCUT2D eigenvalue weighted by Gasteiger charge is 2.10. The van der Waals surface area contributed by atoms with Crippen LogP contribution in [0.15, 0.2) is 53.0 Å². The number of esters is 1. The number of hydrogen-bond donors (Lipinski definition) is 3. The molecule has 0 aliphatic carbocycles. The SMILES string of the molecule is COC(=O)CNC(=O)c1ccc(NC(=O)CNC(=O)c2ccc(Br)cc2)cc1. The van der Waals surface area contributed by atoms with Crippen molar-refractivity contribution in [2.75, 3.05) is 25.5 Å². The van der Waals surface area contributed by atoms with E-state index in [0.29, 0.717) is 16.8 Å². The van der Waals surface area contributed by atoms with E-state index in [0.717, 1.165) is 4.47 Å². The van der Waals surface area contributed by atoms with Gasteiger partial charge in [-0.15, -0.1) is 0 Å². The quantitative estimate of drug-likeness (QED) is 0.559. The van der Waals surface area contributed by atoms with Gasteiger partial charge in [-0.25, -0.2) is 0 Å². The van der Waals surface area contributed by atoms with Crippen LogP contribution < -0.4 is 16.0 Å². The summed E-state index contributed by atoms with van der Waals surface area (Å²) in [6, 6.07) is 12.8. The number of ether oxygens (including phenoxy) is 1. The summed E-state index contributed by atoms with van der Waals surface area (Å²) in [5, 5.41) is 7.55. The van der Waals surface area contributed by atoms with Crippen LogP contribution in [0.1, 0.15) is 20.7 Å². The van der Waals surface area contributed by atoms with Crippen molar-refractivity contribution in [3.63, 3.8) is 0 Å². The third-order valence-electron chi connectivity index (χ3n) is 3.57. The molecule has 0 aliphatic rings. The lowest BCUT2D eigenvalue weighted by Crippen LogP contribution is -2.32. The van der Waals surface area contributed by atoms with Crippen LogP contribution in [0.2, 0.25) is 0 Å². The van der Waals surface area contributed by atoms with Gasteiger partial charge in [-0.3, -0.25) is 19.2 Å². The Hall–Kier alpha value is -3.20. The van der Waals surface area contributed by atoms with E-state index in [1.165, 1.54) is 19.2 Å². The minimum Gasteiger partial charge on any atom is -0.468 e. The predicted molar refractivity (Wildman–Crippen MR) is 106 cm³/mol. The van der Waals surface area contributed by atoms with Gasteiger partial charge in [-0.2, -0.15) is 0 Å². The predicted octanol–water partition coefficient (Wildman–Crippen LogP) is 1.72. The zero-order valence-electron chi connectivity index (χ0n) is 15.0. The minimum absolute atomic E-state index is 0.198. The van der Waals surface area contributed by atoms with Crippen LogP contribution in [0.25, 0.3) is 0 Å². The van der Waals surface area contributed by atoms with Gasteiger partial charge in [0.1, 0.15) is 6.54 Å². The van der Waals surface area contributed by atoms with Crippen LogP contribution >= 0.6 is 15.9 Å². The van der Waals surface area contributed by atoms with Crippen molar-refractivity contribution in [1.82, 2.24) is 10.6 Å². The molecule has 2 aromatic rings. The maximum absolute atomic E-state index is 12.0. The average molecular weight is 448 g/mol. The Balaban J connectivity index is 1.82. The Labute approximate surface area is 169 Å². The molecule has 0 atom stereocenters. The summed E-state index contributed by atoms with van der Waals surface area (Å²) in [5.41, 5.74) is 1.23. The van der Waals surface area contributed by atoms with Crippen LogP contribution in [0, 0.1) is 0 Å². The number of hydrogen-bond acceptors (Lipinski definition) is 5. The van der Waals surface area contributed by atoms with Crippen molar-refractivity contribution in [3.8, 4) is 0 Å². The fourth-order valence-electron chi connectivity index (χ4n) is 2.10. The smallest absolute Gasteiger partial charge is 0.325 e. The van der Waals surface area contributed by atoms with Gasteiger partial charge < -0.3 is 20.7 Å². The number of benzene rings is 2. The number of carbonyl (C=O) groups is 4. The summed E-state index contributed by atoms with van der Waals surface area (Å²) in [6.07, 6.45) is 0. The lowest BCUT2D eigenvalue weighted by Gasteiger charge is -2.08. The van der Waals surface area contributed by atoms with E-state index in [1.807, 2.05) is 0 Å². The van der Waals surface area contributed by atoms with E-state index in [-0.39, 0.29) is 19.0 Å². The normalized spacial score (nSPS) is 9.93. The Bertz CT molecular complexity index is 866. The van der Waals surface area contributed by atoms with Gasteiger partial charge in [0, 0.05) is 21.3 Å². The van der Waals surface area contributed by atoms with E-state index in [9.17, 15) is 19.2 Å². The molecule has 3 N–H and O–H groups in total. The molecule has 0 fully saturated rings. The molecule has 146 valence electrons. The molecule has 9 heteroatoms. The van der Waals surface area contributed by atoms with Crippen molar-refractivity contribution >= 4 is 45.3 Å². The Kier molecular flexibility index (Phi) is 7.70. The fraction of sp³-hybridized carbons (Fsp3) is 0.158. The minimum atomic E-state index is -0.553. The van der Waals surface area contributed by atoms with Crippen molar-refractivity contribution in [1.29, 1.82) is 0 Å². The highest BCUT2D eigenvalue weighted by molar-refractivity contribution is 9.10. The molecule has 8 nitrogen and oxygen atoms in total. The molecule has 0 spiro atoms. The van der Waals surface area contributed by atoms with Crippen LogP contribution in [0.5, 0.6) is 0 Å². The first kappa shape index (κ1) is 21.1. The Morgan fingerprint density at radius 2 is 1.32 bits per heavy atom. The molecular weight excluding hydrogens is 430 g/mol. The number of carbonyl (C=O) groups excluding carboxylic acids is 4. The molecule has 2 aromatic carbocycles. The first-order chi connectivity index (χ1) is 13.4. The fourth-order valence-corrected chi connectivity index (χ4v) is 2.37. The number of anilines is 1. The molecule has 0 unspecified atom stereocenters. The molecular formula is C19H18BrN3O5. The Morgan fingerprint density at radius 1 is 0.821 bits per heavy atom. The topological polar surface area (TPSA) is 114 Å². The van der Waals surface area contributed by atoms with Crippen LogP contribution in [0.3, 0.4) is 0 Å². The van der Waals surface area contributed by atoms with Gasteiger partial charge in [-0.1, -0.05) is 15.9 Å². The monoisotopic (exact) mass is 447 g/mol. The second-order valence-corrected chi connectivity index (χ2v) is 6.49. The van der Waals surface area contributed by atoms with Gasteiger partial charge in [0.15, 0.2) is 0 Å². The summed E-state index contributed by atoms with van der Waals surface area (Å²) in [6.45, 7) is -0.428. The molecule has 0 saturated carbocycles. The van der Waals surface area contributed by atoms with Gasteiger partial charge in [0.2, 0.25) is 5.91 Å². The second kappa shape index (κ2) is 10.2. The molecule has 0 bridgehead atoms. The molecule has 0 radical (unpaired) electrons. The number of amides is 3. The number of rotatable bonds is 7. The van der Waals surface area contributed by atoms with Gasteiger partial charge in [-0.05, 0) is 48.5 Å². The number of methoxy groups -OCH3 is 1.